The standard InChI is InChI=1S/C21H25N3O5/c1-28-16-9-7-15(8-10-16)19(25)22-11-4-12-23-20(26)17-5-2-13-24(17)21(27)18-6-3-14-29-18/h3,6-10,14,17H,2,4-5,11-13H2,1H3,(H,22,25)(H,23,26)/t17-/m1/s1. The summed E-state index contributed by atoms with van der Waals surface area (Å²) in [5.74, 6) is 0.315. The highest BCUT2D eigenvalue weighted by atomic mass is 16.5. The molecule has 1 atom stereocenters. The minimum atomic E-state index is -0.485. The number of amides is 3. The Balaban J connectivity index is 1.39. The van der Waals surface area contributed by atoms with E-state index in [0.717, 1.165) is 6.42 Å². The van der Waals surface area contributed by atoms with Gasteiger partial charge in [-0.15, -0.1) is 0 Å². The molecule has 0 spiro atoms. The summed E-state index contributed by atoms with van der Waals surface area (Å²) in [6, 6.07) is 9.61. The minimum Gasteiger partial charge on any atom is -0.497 e. The predicted octanol–water partition coefficient (Wildman–Crippen LogP) is 1.83. The number of furan rings is 1. The molecular formula is C21H25N3O5. The maximum atomic E-state index is 12.5. The van der Waals surface area contributed by atoms with E-state index in [1.165, 1.54) is 6.26 Å². The topological polar surface area (TPSA) is 101 Å². The van der Waals surface area contributed by atoms with Crippen LogP contribution in [-0.4, -0.2) is 55.4 Å². The molecule has 0 unspecified atom stereocenters. The first-order valence-corrected chi connectivity index (χ1v) is 9.64. The van der Waals surface area contributed by atoms with Crippen molar-refractivity contribution in [3.63, 3.8) is 0 Å². The summed E-state index contributed by atoms with van der Waals surface area (Å²) in [6.45, 7) is 1.39. The molecule has 3 rings (SSSR count). The molecular weight excluding hydrogens is 374 g/mol. The van der Waals surface area contributed by atoms with Crippen molar-refractivity contribution in [2.75, 3.05) is 26.7 Å². The second kappa shape index (κ2) is 9.77. The molecule has 29 heavy (non-hydrogen) atoms. The lowest BCUT2D eigenvalue weighted by Crippen LogP contribution is -2.46. The van der Waals surface area contributed by atoms with Gasteiger partial charge >= 0.3 is 0 Å². The van der Waals surface area contributed by atoms with Crippen molar-refractivity contribution in [1.82, 2.24) is 15.5 Å². The van der Waals surface area contributed by atoms with E-state index >= 15 is 0 Å². The Hall–Kier alpha value is -3.29. The second-order valence-corrected chi connectivity index (χ2v) is 6.76. The molecule has 1 aromatic heterocycles. The number of carbonyl (C=O) groups is 3. The molecule has 1 saturated heterocycles. The molecule has 154 valence electrons. The molecule has 0 aliphatic carbocycles. The molecule has 8 nitrogen and oxygen atoms in total. The van der Waals surface area contributed by atoms with Crippen molar-refractivity contribution in [3.05, 3.63) is 54.0 Å². The van der Waals surface area contributed by atoms with Crippen molar-refractivity contribution < 1.29 is 23.5 Å². The van der Waals surface area contributed by atoms with Gasteiger partial charge in [0.15, 0.2) is 5.76 Å². The van der Waals surface area contributed by atoms with Crippen molar-refractivity contribution >= 4 is 17.7 Å². The quantitative estimate of drug-likeness (QED) is 0.660. The normalized spacial score (nSPS) is 15.8. The van der Waals surface area contributed by atoms with Gasteiger partial charge in [-0.05, 0) is 55.7 Å². The van der Waals surface area contributed by atoms with Gasteiger partial charge in [-0.2, -0.15) is 0 Å². The van der Waals surface area contributed by atoms with E-state index in [0.29, 0.717) is 43.8 Å². The number of nitrogens with zero attached hydrogens (tertiary/aromatic N) is 1. The summed E-state index contributed by atoms with van der Waals surface area (Å²) >= 11 is 0. The Morgan fingerprint density at radius 3 is 2.59 bits per heavy atom. The molecule has 0 radical (unpaired) electrons. The van der Waals surface area contributed by atoms with Crippen LogP contribution in [0.5, 0.6) is 5.75 Å². The molecule has 2 aromatic rings. The van der Waals surface area contributed by atoms with Gasteiger partial charge in [-0.3, -0.25) is 14.4 Å². The summed E-state index contributed by atoms with van der Waals surface area (Å²) in [5, 5.41) is 5.67. The molecule has 2 N–H and O–H groups in total. The number of carbonyl (C=O) groups excluding carboxylic acids is 3. The fourth-order valence-corrected chi connectivity index (χ4v) is 3.29. The number of ether oxygens (including phenoxy) is 1. The molecule has 1 aliphatic heterocycles. The SMILES string of the molecule is COc1ccc(C(=O)NCCCNC(=O)[C@H]2CCCN2C(=O)c2ccco2)cc1. The van der Waals surface area contributed by atoms with Gasteiger partial charge in [-0.1, -0.05) is 0 Å². The average Bonchev–Trinajstić information content (AvgIpc) is 3.45. The third kappa shape index (κ3) is 5.16. The zero-order valence-electron chi connectivity index (χ0n) is 16.3. The minimum absolute atomic E-state index is 0.176. The van der Waals surface area contributed by atoms with Crippen LogP contribution in [0.4, 0.5) is 0 Å². The van der Waals surface area contributed by atoms with Crippen LogP contribution in [0, 0.1) is 0 Å². The highest BCUT2D eigenvalue weighted by Crippen LogP contribution is 2.20. The van der Waals surface area contributed by atoms with Crippen LogP contribution in [0.15, 0.2) is 47.1 Å². The van der Waals surface area contributed by atoms with Gasteiger partial charge in [-0.25, -0.2) is 0 Å². The summed E-state index contributed by atoms with van der Waals surface area (Å²) in [6.07, 6.45) is 3.44. The molecule has 1 aromatic carbocycles. The second-order valence-electron chi connectivity index (χ2n) is 6.76. The highest BCUT2D eigenvalue weighted by Gasteiger charge is 2.35. The third-order valence-electron chi connectivity index (χ3n) is 4.84. The lowest BCUT2D eigenvalue weighted by atomic mass is 10.2. The van der Waals surface area contributed by atoms with Crippen molar-refractivity contribution in [1.29, 1.82) is 0 Å². The molecule has 3 amide bonds. The summed E-state index contributed by atoms with van der Waals surface area (Å²) in [7, 11) is 1.57. The first-order valence-electron chi connectivity index (χ1n) is 9.64. The molecule has 0 saturated carbocycles. The lowest BCUT2D eigenvalue weighted by Gasteiger charge is -2.23. The number of likely N-dealkylation sites (tertiary alicyclic amines) is 1. The first kappa shape index (κ1) is 20.4. The van der Waals surface area contributed by atoms with Crippen LogP contribution >= 0.6 is 0 Å². The zero-order valence-corrected chi connectivity index (χ0v) is 16.3. The Kier molecular flexibility index (Phi) is 6.89. The van der Waals surface area contributed by atoms with Gasteiger partial charge < -0.3 is 24.7 Å². The van der Waals surface area contributed by atoms with E-state index in [1.807, 2.05) is 0 Å². The monoisotopic (exact) mass is 399 g/mol. The lowest BCUT2D eigenvalue weighted by molar-refractivity contribution is -0.124. The van der Waals surface area contributed by atoms with Gasteiger partial charge in [0.05, 0.1) is 13.4 Å². The average molecular weight is 399 g/mol. The first-order chi connectivity index (χ1) is 14.1. The maximum Gasteiger partial charge on any atom is 0.290 e. The maximum absolute atomic E-state index is 12.5. The third-order valence-corrected chi connectivity index (χ3v) is 4.84. The van der Waals surface area contributed by atoms with E-state index in [2.05, 4.69) is 10.6 Å². The van der Waals surface area contributed by atoms with Crippen LogP contribution in [-0.2, 0) is 4.79 Å². The van der Waals surface area contributed by atoms with Crippen LogP contribution in [0.25, 0.3) is 0 Å². The number of hydrogen-bond acceptors (Lipinski definition) is 5. The largest absolute Gasteiger partial charge is 0.497 e. The van der Waals surface area contributed by atoms with E-state index < -0.39 is 6.04 Å². The van der Waals surface area contributed by atoms with E-state index in [9.17, 15) is 14.4 Å². The summed E-state index contributed by atoms with van der Waals surface area (Å²) < 4.78 is 10.2. The van der Waals surface area contributed by atoms with E-state index in [4.69, 9.17) is 9.15 Å². The van der Waals surface area contributed by atoms with E-state index in [1.54, 1.807) is 48.4 Å². The van der Waals surface area contributed by atoms with Crippen molar-refractivity contribution in [3.8, 4) is 5.75 Å². The van der Waals surface area contributed by atoms with Crippen molar-refractivity contribution in [2.24, 2.45) is 0 Å². The zero-order chi connectivity index (χ0) is 20.6. The Labute approximate surface area is 169 Å². The molecule has 1 aliphatic rings. The number of methoxy groups -OCH3 is 1. The van der Waals surface area contributed by atoms with Crippen LogP contribution < -0.4 is 15.4 Å². The molecule has 2 heterocycles. The van der Waals surface area contributed by atoms with Gasteiger partial charge in [0.2, 0.25) is 5.91 Å². The number of benzene rings is 1. The van der Waals surface area contributed by atoms with Crippen LogP contribution in [0.2, 0.25) is 0 Å². The van der Waals surface area contributed by atoms with Gasteiger partial charge in [0, 0.05) is 25.2 Å². The fourth-order valence-electron chi connectivity index (χ4n) is 3.29. The van der Waals surface area contributed by atoms with Crippen LogP contribution in [0.1, 0.15) is 40.2 Å². The van der Waals surface area contributed by atoms with Crippen molar-refractivity contribution in [2.45, 2.75) is 25.3 Å². The number of nitrogens with one attached hydrogen (secondary N) is 2. The highest BCUT2D eigenvalue weighted by molar-refractivity contribution is 5.96. The summed E-state index contributed by atoms with van der Waals surface area (Å²) in [5.41, 5.74) is 0.549. The van der Waals surface area contributed by atoms with Crippen LogP contribution in [0.3, 0.4) is 0 Å². The van der Waals surface area contributed by atoms with E-state index in [-0.39, 0.29) is 23.5 Å². The van der Waals surface area contributed by atoms with Gasteiger partial charge in [0.25, 0.3) is 11.8 Å². The number of rotatable bonds is 8. The molecule has 1 fully saturated rings. The Morgan fingerprint density at radius 1 is 1.14 bits per heavy atom. The number of hydrogen-bond donors (Lipinski definition) is 2. The smallest absolute Gasteiger partial charge is 0.290 e. The summed E-state index contributed by atoms with van der Waals surface area (Å²) in [4.78, 5) is 38.6. The molecule has 0 bridgehead atoms. The van der Waals surface area contributed by atoms with Gasteiger partial charge in [0.1, 0.15) is 11.8 Å². The Morgan fingerprint density at radius 2 is 1.90 bits per heavy atom. The Bertz CT molecular complexity index is 833. The predicted molar refractivity (Wildman–Crippen MR) is 106 cm³/mol. The molecule has 8 heteroatoms. The fraction of sp³-hybridized carbons (Fsp3) is 0.381.